The monoisotopic (exact) mass is 496 g/mol. The Morgan fingerprint density at radius 1 is 1.07 bits per heavy atom. The zero-order valence-electron chi connectivity index (χ0n) is 15.6. The molecule has 30 heavy (non-hydrogen) atoms. The van der Waals surface area contributed by atoms with Crippen LogP contribution in [0.2, 0.25) is 0 Å². The molecule has 2 amide bonds. The van der Waals surface area contributed by atoms with E-state index in [0.29, 0.717) is 5.75 Å². The van der Waals surface area contributed by atoms with Crippen LogP contribution in [-0.4, -0.2) is 35.1 Å². The standard InChI is InChI=1S/C18H17BrN4O6S/c1-11-8-12(19)2-7-15(11)29-10-17(25)21-22-18(30)20-16(24)9-28-14-5-3-13(4-6-14)23(26)27/h2-8H,9-10H2,1H3,(H,21,25)(H2,20,22,24,30). The molecule has 2 aromatic rings. The lowest BCUT2D eigenvalue weighted by Gasteiger charge is -2.12. The molecule has 0 aliphatic carbocycles. The van der Waals surface area contributed by atoms with Gasteiger partial charge in [-0.05, 0) is 55.0 Å². The van der Waals surface area contributed by atoms with Crippen LogP contribution in [0.1, 0.15) is 5.56 Å². The number of nitro groups is 1. The number of hydrazine groups is 1. The van der Waals surface area contributed by atoms with Crippen LogP contribution in [0.15, 0.2) is 46.9 Å². The van der Waals surface area contributed by atoms with Gasteiger partial charge in [0.05, 0.1) is 4.92 Å². The second-order valence-electron chi connectivity index (χ2n) is 5.79. The normalized spacial score (nSPS) is 9.93. The fourth-order valence-corrected chi connectivity index (χ4v) is 2.73. The van der Waals surface area contributed by atoms with Crippen LogP contribution in [0.25, 0.3) is 0 Å². The molecule has 0 aliphatic rings. The lowest BCUT2D eigenvalue weighted by molar-refractivity contribution is -0.384. The summed E-state index contributed by atoms with van der Waals surface area (Å²) in [6, 6.07) is 10.6. The van der Waals surface area contributed by atoms with Crippen LogP contribution in [-0.2, 0) is 9.59 Å². The predicted octanol–water partition coefficient (Wildman–Crippen LogP) is 2.15. The number of non-ortho nitro benzene ring substituents is 1. The summed E-state index contributed by atoms with van der Waals surface area (Å²) in [6.07, 6.45) is 0. The number of nitrogens with one attached hydrogen (secondary N) is 3. The number of rotatable bonds is 7. The molecular formula is C18H17BrN4O6S. The number of nitrogens with zero attached hydrogens (tertiary/aromatic N) is 1. The fourth-order valence-electron chi connectivity index (χ4n) is 2.09. The van der Waals surface area contributed by atoms with Crippen molar-refractivity contribution in [3.05, 3.63) is 62.6 Å². The molecule has 0 radical (unpaired) electrons. The van der Waals surface area contributed by atoms with Gasteiger partial charge in [0.2, 0.25) is 0 Å². The van der Waals surface area contributed by atoms with Crippen LogP contribution in [0.4, 0.5) is 5.69 Å². The Bertz CT molecular complexity index is 954. The van der Waals surface area contributed by atoms with Gasteiger partial charge in [0.15, 0.2) is 18.3 Å². The molecular weight excluding hydrogens is 480 g/mol. The maximum absolute atomic E-state index is 11.8. The number of halogens is 1. The van der Waals surface area contributed by atoms with Gasteiger partial charge in [0.1, 0.15) is 11.5 Å². The Kier molecular flexibility index (Phi) is 8.50. The zero-order chi connectivity index (χ0) is 22.1. The maximum Gasteiger partial charge on any atom is 0.276 e. The molecule has 0 atom stereocenters. The minimum Gasteiger partial charge on any atom is -0.484 e. The van der Waals surface area contributed by atoms with Gasteiger partial charge in [0, 0.05) is 16.6 Å². The summed E-state index contributed by atoms with van der Waals surface area (Å²) in [4.78, 5) is 33.7. The summed E-state index contributed by atoms with van der Waals surface area (Å²) in [5, 5.41) is 12.8. The number of benzene rings is 2. The Hall–Kier alpha value is -3.25. The highest BCUT2D eigenvalue weighted by molar-refractivity contribution is 9.10. The number of carbonyl (C=O) groups excluding carboxylic acids is 2. The van der Waals surface area contributed by atoms with Crippen LogP contribution in [0, 0.1) is 17.0 Å². The van der Waals surface area contributed by atoms with Gasteiger partial charge in [-0.1, -0.05) is 15.9 Å². The molecule has 3 N–H and O–H groups in total. The van der Waals surface area contributed by atoms with Crippen molar-refractivity contribution in [3.8, 4) is 11.5 Å². The van der Waals surface area contributed by atoms with Gasteiger partial charge in [-0.2, -0.15) is 0 Å². The van der Waals surface area contributed by atoms with Crippen molar-refractivity contribution >= 4 is 50.8 Å². The molecule has 158 valence electrons. The molecule has 0 aliphatic heterocycles. The maximum atomic E-state index is 11.8. The quantitative estimate of drug-likeness (QED) is 0.301. The van der Waals surface area contributed by atoms with Crippen molar-refractivity contribution in [1.29, 1.82) is 0 Å². The third-order valence-electron chi connectivity index (χ3n) is 3.48. The molecule has 0 aromatic heterocycles. The van der Waals surface area contributed by atoms with E-state index in [1.54, 1.807) is 12.1 Å². The van der Waals surface area contributed by atoms with Crippen molar-refractivity contribution in [1.82, 2.24) is 16.2 Å². The van der Waals surface area contributed by atoms with Crippen molar-refractivity contribution in [2.45, 2.75) is 6.92 Å². The summed E-state index contributed by atoms with van der Waals surface area (Å²) in [7, 11) is 0. The average molecular weight is 497 g/mol. The molecule has 0 unspecified atom stereocenters. The molecule has 10 nitrogen and oxygen atoms in total. The Morgan fingerprint density at radius 2 is 1.73 bits per heavy atom. The van der Waals surface area contributed by atoms with Crippen molar-refractivity contribution in [2.24, 2.45) is 0 Å². The average Bonchev–Trinajstić information content (AvgIpc) is 2.70. The van der Waals surface area contributed by atoms with E-state index >= 15 is 0 Å². The first-order chi connectivity index (χ1) is 14.2. The van der Waals surface area contributed by atoms with Crippen molar-refractivity contribution in [3.63, 3.8) is 0 Å². The summed E-state index contributed by atoms with van der Waals surface area (Å²) >= 11 is 8.25. The summed E-state index contributed by atoms with van der Waals surface area (Å²) in [5.74, 6) is -0.242. The van der Waals surface area contributed by atoms with E-state index in [9.17, 15) is 19.7 Å². The first-order valence-corrected chi connectivity index (χ1v) is 9.59. The predicted molar refractivity (Wildman–Crippen MR) is 115 cm³/mol. The lowest BCUT2D eigenvalue weighted by atomic mass is 10.2. The SMILES string of the molecule is Cc1cc(Br)ccc1OCC(=O)NNC(=S)NC(=O)COc1ccc([N+](=O)[O-])cc1. The first kappa shape index (κ1) is 23.0. The summed E-state index contributed by atoms with van der Waals surface area (Å²) < 4.78 is 11.5. The van der Waals surface area contributed by atoms with E-state index in [-0.39, 0.29) is 29.8 Å². The zero-order valence-corrected chi connectivity index (χ0v) is 18.0. The number of thiocarbonyl (C=S) groups is 1. The number of hydrogen-bond donors (Lipinski definition) is 3. The van der Waals surface area contributed by atoms with Gasteiger partial charge in [-0.15, -0.1) is 0 Å². The van der Waals surface area contributed by atoms with Gasteiger partial charge in [-0.25, -0.2) is 0 Å². The highest BCUT2D eigenvalue weighted by Gasteiger charge is 2.09. The largest absolute Gasteiger partial charge is 0.484 e. The van der Waals surface area contributed by atoms with Gasteiger partial charge in [-0.3, -0.25) is 35.9 Å². The third kappa shape index (κ3) is 7.64. The molecule has 12 heteroatoms. The molecule has 0 fully saturated rings. The number of ether oxygens (including phenoxy) is 2. The smallest absolute Gasteiger partial charge is 0.276 e. The van der Waals surface area contributed by atoms with E-state index in [4.69, 9.17) is 21.7 Å². The molecule has 2 aromatic carbocycles. The molecule has 0 bridgehead atoms. The minimum atomic E-state index is -0.582. The summed E-state index contributed by atoms with van der Waals surface area (Å²) in [6.45, 7) is 1.22. The number of nitro benzene ring substituents is 1. The Labute approximate surface area is 185 Å². The van der Waals surface area contributed by atoms with E-state index in [1.165, 1.54) is 24.3 Å². The van der Waals surface area contributed by atoms with Gasteiger partial charge in [0.25, 0.3) is 17.5 Å². The Balaban J connectivity index is 1.67. The summed E-state index contributed by atoms with van der Waals surface area (Å²) in [5.41, 5.74) is 5.44. The topological polar surface area (TPSA) is 132 Å². The van der Waals surface area contributed by atoms with Crippen LogP contribution >= 0.6 is 28.1 Å². The number of carbonyl (C=O) groups is 2. The van der Waals surface area contributed by atoms with E-state index in [2.05, 4.69) is 32.1 Å². The minimum absolute atomic E-state index is 0.0906. The van der Waals surface area contributed by atoms with Gasteiger partial charge < -0.3 is 9.47 Å². The second kappa shape index (κ2) is 11.1. The third-order valence-corrected chi connectivity index (χ3v) is 4.18. The molecule has 0 saturated heterocycles. The Morgan fingerprint density at radius 3 is 2.37 bits per heavy atom. The highest BCUT2D eigenvalue weighted by Crippen LogP contribution is 2.22. The highest BCUT2D eigenvalue weighted by atomic mass is 79.9. The second-order valence-corrected chi connectivity index (χ2v) is 7.11. The number of amides is 2. The van der Waals surface area contributed by atoms with Crippen molar-refractivity contribution in [2.75, 3.05) is 13.2 Å². The molecule has 0 heterocycles. The van der Waals surface area contributed by atoms with Crippen LogP contribution in [0.5, 0.6) is 11.5 Å². The van der Waals surface area contributed by atoms with E-state index in [1.807, 2.05) is 13.0 Å². The lowest BCUT2D eigenvalue weighted by Crippen LogP contribution is -2.50. The fraction of sp³-hybridized carbons (Fsp3) is 0.167. The number of aryl methyl sites for hydroxylation is 1. The molecule has 2 rings (SSSR count). The molecule has 0 saturated carbocycles. The molecule has 0 spiro atoms. The van der Waals surface area contributed by atoms with Crippen molar-refractivity contribution < 1.29 is 24.0 Å². The van der Waals surface area contributed by atoms with E-state index in [0.717, 1.165) is 10.0 Å². The van der Waals surface area contributed by atoms with Crippen LogP contribution < -0.4 is 25.6 Å². The van der Waals surface area contributed by atoms with Crippen LogP contribution in [0.3, 0.4) is 0 Å². The number of hydrogen-bond acceptors (Lipinski definition) is 7. The first-order valence-electron chi connectivity index (χ1n) is 8.39. The van der Waals surface area contributed by atoms with Gasteiger partial charge >= 0.3 is 0 Å². The van der Waals surface area contributed by atoms with E-state index < -0.39 is 16.7 Å².